The van der Waals surface area contributed by atoms with Crippen LogP contribution in [-0.4, -0.2) is 47.7 Å². The smallest absolute Gasteiger partial charge is 0.231 e. The van der Waals surface area contributed by atoms with Crippen molar-refractivity contribution in [2.45, 2.75) is 40.0 Å². The predicted octanol–water partition coefficient (Wildman–Crippen LogP) is 1.69. The fourth-order valence-corrected chi connectivity index (χ4v) is 1.85. The van der Waals surface area contributed by atoms with Crippen molar-refractivity contribution in [3.05, 3.63) is 0 Å². The number of hydrogen-bond donors (Lipinski definition) is 3. The Bertz CT molecular complexity index is 365. The lowest BCUT2D eigenvalue weighted by Crippen LogP contribution is -2.25. The molecule has 1 heterocycles. The number of nitrogens with zero attached hydrogens (tertiary/aromatic N) is 4. The molecule has 0 aliphatic heterocycles. The van der Waals surface area contributed by atoms with Gasteiger partial charge < -0.3 is 21.3 Å². The molecule has 0 aliphatic rings. The Labute approximate surface area is 127 Å². The average molecular weight is 295 g/mol. The molecule has 7 heteroatoms. The largest absolute Gasteiger partial charge is 0.354 e. The molecule has 0 aromatic carbocycles. The number of hydrogen-bond acceptors (Lipinski definition) is 7. The second-order valence-electron chi connectivity index (χ2n) is 4.80. The van der Waals surface area contributed by atoms with E-state index in [1.165, 1.54) is 0 Å². The van der Waals surface area contributed by atoms with E-state index in [9.17, 15) is 0 Å². The highest BCUT2D eigenvalue weighted by Crippen LogP contribution is 2.13. The van der Waals surface area contributed by atoms with Gasteiger partial charge in [0.1, 0.15) is 0 Å². The normalized spacial score (nSPS) is 10.5. The molecule has 21 heavy (non-hydrogen) atoms. The maximum atomic E-state index is 5.51. The summed E-state index contributed by atoms with van der Waals surface area (Å²) in [6.07, 6.45) is 3.13. The molecule has 1 aromatic rings. The second-order valence-corrected chi connectivity index (χ2v) is 4.80. The number of rotatable bonds is 11. The average Bonchev–Trinajstić information content (AvgIpc) is 2.49. The highest BCUT2D eigenvalue weighted by molar-refractivity contribution is 5.43. The van der Waals surface area contributed by atoms with Gasteiger partial charge in [0.25, 0.3) is 0 Å². The lowest BCUT2D eigenvalue weighted by atomic mass is 10.3. The van der Waals surface area contributed by atoms with E-state index in [1.807, 2.05) is 0 Å². The van der Waals surface area contributed by atoms with E-state index in [2.05, 4.69) is 51.3 Å². The van der Waals surface area contributed by atoms with Gasteiger partial charge in [0, 0.05) is 26.2 Å². The van der Waals surface area contributed by atoms with Crippen molar-refractivity contribution in [2.24, 2.45) is 5.73 Å². The molecular formula is C14H29N7. The zero-order valence-corrected chi connectivity index (χ0v) is 13.5. The molecule has 4 N–H and O–H groups in total. The fourth-order valence-electron chi connectivity index (χ4n) is 1.85. The maximum absolute atomic E-state index is 5.51. The first-order chi connectivity index (χ1) is 10.2. The number of anilines is 3. The van der Waals surface area contributed by atoms with Crippen LogP contribution in [0.15, 0.2) is 0 Å². The van der Waals surface area contributed by atoms with Crippen molar-refractivity contribution in [1.29, 1.82) is 0 Å². The van der Waals surface area contributed by atoms with Crippen molar-refractivity contribution >= 4 is 17.8 Å². The van der Waals surface area contributed by atoms with Gasteiger partial charge in [-0.3, -0.25) is 0 Å². The SMILES string of the molecule is CCCCNc1nc(NCCCN)nc(N(CC)CC)n1. The van der Waals surface area contributed by atoms with E-state index < -0.39 is 0 Å². The van der Waals surface area contributed by atoms with Crippen molar-refractivity contribution in [1.82, 2.24) is 15.0 Å². The Morgan fingerprint density at radius 3 is 1.95 bits per heavy atom. The van der Waals surface area contributed by atoms with E-state index >= 15 is 0 Å². The zero-order chi connectivity index (χ0) is 15.5. The van der Waals surface area contributed by atoms with Crippen LogP contribution in [0.2, 0.25) is 0 Å². The molecule has 0 fully saturated rings. The topological polar surface area (TPSA) is 92.0 Å². The van der Waals surface area contributed by atoms with Crippen LogP contribution >= 0.6 is 0 Å². The molecule has 1 rings (SSSR count). The second kappa shape index (κ2) is 10.1. The molecule has 120 valence electrons. The summed E-state index contributed by atoms with van der Waals surface area (Å²) in [6, 6.07) is 0. The van der Waals surface area contributed by atoms with Gasteiger partial charge in [-0.25, -0.2) is 0 Å². The standard InChI is InChI=1S/C14H29N7/c1-4-7-10-16-12-18-13(17-11-8-9-15)20-14(19-12)21(5-2)6-3/h4-11,15H2,1-3H3,(H2,16,17,18,19,20). The summed E-state index contributed by atoms with van der Waals surface area (Å²) in [5.74, 6) is 1.96. The molecule has 0 atom stereocenters. The molecule has 0 bridgehead atoms. The molecule has 7 nitrogen and oxygen atoms in total. The van der Waals surface area contributed by atoms with Gasteiger partial charge in [0.15, 0.2) is 0 Å². The van der Waals surface area contributed by atoms with Crippen molar-refractivity contribution in [3.63, 3.8) is 0 Å². The van der Waals surface area contributed by atoms with Gasteiger partial charge in [0.05, 0.1) is 0 Å². The molecule has 0 saturated heterocycles. The monoisotopic (exact) mass is 295 g/mol. The van der Waals surface area contributed by atoms with Crippen LogP contribution in [-0.2, 0) is 0 Å². The fraction of sp³-hybridized carbons (Fsp3) is 0.786. The molecule has 0 unspecified atom stereocenters. The summed E-state index contributed by atoms with van der Waals surface area (Å²) >= 11 is 0. The third-order valence-corrected chi connectivity index (χ3v) is 3.15. The first kappa shape index (κ1) is 17.4. The summed E-state index contributed by atoms with van der Waals surface area (Å²) in [7, 11) is 0. The molecule has 0 radical (unpaired) electrons. The van der Waals surface area contributed by atoms with Crippen LogP contribution in [0.3, 0.4) is 0 Å². The van der Waals surface area contributed by atoms with Crippen LogP contribution < -0.4 is 21.3 Å². The van der Waals surface area contributed by atoms with Crippen molar-refractivity contribution in [3.8, 4) is 0 Å². The van der Waals surface area contributed by atoms with Gasteiger partial charge in [-0.2, -0.15) is 15.0 Å². The Morgan fingerprint density at radius 2 is 1.48 bits per heavy atom. The quantitative estimate of drug-likeness (QED) is 0.535. The molecular weight excluding hydrogens is 266 g/mol. The predicted molar refractivity (Wildman–Crippen MR) is 88.9 cm³/mol. The maximum Gasteiger partial charge on any atom is 0.231 e. The number of aromatic nitrogens is 3. The molecule has 0 saturated carbocycles. The Balaban J connectivity index is 2.84. The van der Waals surface area contributed by atoms with E-state index in [1.54, 1.807) is 0 Å². The minimum absolute atomic E-state index is 0.611. The first-order valence-electron chi connectivity index (χ1n) is 7.93. The Hall–Kier alpha value is -1.63. The van der Waals surface area contributed by atoms with E-state index in [0.29, 0.717) is 24.4 Å². The van der Waals surface area contributed by atoms with Gasteiger partial charge >= 0.3 is 0 Å². The molecule has 0 aliphatic carbocycles. The summed E-state index contributed by atoms with van der Waals surface area (Å²) in [5.41, 5.74) is 5.51. The van der Waals surface area contributed by atoms with E-state index in [0.717, 1.165) is 45.4 Å². The van der Waals surface area contributed by atoms with Gasteiger partial charge in [0.2, 0.25) is 17.8 Å². The number of nitrogens with two attached hydrogens (primary N) is 1. The highest BCUT2D eigenvalue weighted by atomic mass is 15.3. The summed E-state index contributed by atoms with van der Waals surface area (Å²) in [4.78, 5) is 15.5. The highest BCUT2D eigenvalue weighted by Gasteiger charge is 2.10. The van der Waals surface area contributed by atoms with E-state index in [4.69, 9.17) is 5.73 Å². The third kappa shape index (κ3) is 6.12. The molecule has 0 amide bonds. The molecule has 1 aromatic heterocycles. The zero-order valence-electron chi connectivity index (χ0n) is 13.5. The van der Waals surface area contributed by atoms with Crippen molar-refractivity contribution in [2.75, 3.05) is 48.3 Å². The van der Waals surface area contributed by atoms with Crippen LogP contribution in [0.1, 0.15) is 40.0 Å². The van der Waals surface area contributed by atoms with E-state index in [-0.39, 0.29) is 0 Å². The Morgan fingerprint density at radius 1 is 0.905 bits per heavy atom. The first-order valence-corrected chi connectivity index (χ1v) is 7.93. The van der Waals surface area contributed by atoms with Gasteiger partial charge in [-0.05, 0) is 33.2 Å². The van der Waals surface area contributed by atoms with Crippen LogP contribution in [0, 0.1) is 0 Å². The minimum Gasteiger partial charge on any atom is -0.354 e. The summed E-state index contributed by atoms with van der Waals surface area (Å²) in [5, 5.41) is 6.48. The molecule has 0 spiro atoms. The van der Waals surface area contributed by atoms with Crippen LogP contribution in [0.25, 0.3) is 0 Å². The van der Waals surface area contributed by atoms with Crippen molar-refractivity contribution < 1.29 is 0 Å². The van der Waals surface area contributed by atoms with Crippen LogP contribution in [0.5, 0.6) is 0 Å². The number of nitrogens with one attached hydrogen (secondary N) is 2. The third-order valence-electron chi connectivity index (χ3n) is 3.15. The lowest BCUT2D eigenvalue weighted by Gasteiger charge is -2.19. The summed E-state index contributed by atoms with van der Waals surface area (Å²) in [6.45, 7) is 10.4. The Kier molecular flexibility index (Phi) is 8.42. The minimum atomic E-state index is 0.611. The van der Waals surface area contributed by atoms with Gasteiger partial charge in [-0.15, -0.1) is 0 Å². The summed E-state index contributed by atoms with van der Waals surface area (Å²) < 4.78 is 0. The van der Waals surface area contributed by atoms with Gasteiger partial charge in [-0.1, -0.05) is 13.3 Å². The number of unbranched alkanes of at least 4 members (excludes halogenated alkanes) is 1. The lowest BCUT2D eigenvalue weighted by molar-refractivity contribution is 0.795. The van der Waals surface area contributed by atoms with Crippen LogP contribution in [0.4, 0.5) is 17.8 Å².